The molecule has 3 heteroatoms. The first-order valence-corrected chi connectivity index (χ1v) is 7.38. The highest BCUT2D eigenvalue weighted by Crippen LogP contribution is 2.15. The third-order valence-corrected chi connectivity index (χ3v) is 3.59. The van der Waals surface area contributed by atoms with Gasteiger partial charge in [0, 0.05) is 18.2 Å². The first-order valence-electron chi connectivity index (χ1n) is 7.38. The molecule has 1 amide bonds. The van der Waals surface area contributed by atoms with Crippen LogP contribution in [0.5, 0.6) is 0 Å². The lowest BCUT2D eigenvalue weighted by atomic mass is 10.1. The molecule has 2 aromatic carbocycles. The van der Waals surface area contributed by atoms with Gasteiger partial charge in [-0.15, -0.1) is 0 Å². The number of nitrogens with zero attached hydrogens (tertiary/aromatic N) is 2. The highest BCUT2D eigenvalue weighted by molar-refractivity contribution is 5.94. The molecule has 2 rings (SSSR count). The first kappa shape index (κ1) is 15.8. The molecule has 0 aliphatic carbocycles. The van der Waals surface area contributed by atoms with E-state index in [1.807, 2.05) is 62.1 Å². The van der Waals surface area contributed by atoms with Crippen LogP contribution in [0.25, 0.3) is 0 Å². The fourth-order valence-corrected chi connectivity index (χ4v) is 2.31. The van der Waals surface area contributed by atoms with Gasteiger partial charge in [0.25, 0.3) is 5.91 Å². The standard InChI is InChI=1S/C19H20N2O/c1-14(2)21(13-17-9-7-16(12-20)8-10-17)19(22)18-6-4-5-15(3)11-18/h4-11,14H,13H2,1-3H3. The maximum atomic E-state index is 12.7. The monoisotopic (exact) mass is 292 g/mol. The summed E-state index contributed by atoms with van der Waals surface area (Å²) in [6.45, 7) is 6.54. The van der Waals surface area contributed by atoms with Crippen LogP contribution in [0, 0.1) is 18.3 Å². The van der Waals surface area contributed by atoms with Gasteiger partial charge in [-0.05, 0) is 50.6 Å². The van der Waals surface area contributed by atoms with Gasteiger partial charge in [0.15, 0.2) is 0 Å². The molecule has 112 valence electrons. The molecule has 0 aliphatic rings. The number of carbonyl (C=O) groups is 1. The second-order valence-corrected chi connectivity index (χ2v) is 5.71. The minimum atomic E-state index is 0.0306. The molecule has 0 saturated heterocycles. The Labute approximate surface area is 131 Å². The summed E-state index contributed by atoms with van der Waals surface area (Å²) in [4.78, 5) is 14.6. The van der Waals surface area contributed by atoms with Gasteiger partial charge >= 0.3 is 0 Å². The number of hydrogen-bond donors (Lipinski definition) is 0. The zero-order valence-electron chi connectivity index (χ0n) is 13.2. The summed E-state index contributed by atoms with van der Waals surface area (Å²) in [5.41, 5.74) is 3.44. The normalized spacial score (nSPS) is 10.3. The van der Waals surface area contributed by atoms with Crippen LogP contribution in [0.15, 0.2) is 48.5 Å². The molecular formula is C19H20N2O. The van der Waals surface area contributed by atoms with E-state index in [2.05, 4.69) is 6.07 Å². The smallest absolute Gasteiger partial charge is 0.254 e. The highest BCUT2D eigenvalue weighted by atomic mass is 16.2. The number of aryl methyl sites for hydroxylation is 1. The van der Waals surface area contributed by atoms with Crippen LogP contribution in [0.3, 0.4) is 0 Å². The van der Waals surface area contributed by atoms with E-state index >= 15 is 0 Å². The van der Waals surface area contributed by atoms with E-state index in [1.165, 1.54) is 0 Å². The lowest BCUT2D eigenvalue weighted by molar-refractivity contribution is 0.0690. The molecule has 0 unspecified atom stereocenters. The second-order valence-electron chi connectivity index (χ2n) is 5.71. The van der Waals surface area contributed by atoms with Crippen molar-refractivity contribution in [1.29, 1.82) is 5.26 Å². The van der Waals surface area contributed by atoms with Gasteiger partial charge in [0.1, 0.15) is 0 Å². The molecule has 22 heavy (non-hydrogen) atoms. The van der Waals surface area contributed by atoms with Gasteiger partial charge in [-0.2, -0.15) is 5.26 Å². The average molecular weight is 292 g/mol. The van der Waals surface area contributed by atoms with E-state index in [-0.39, 0.29) is 11.9 Å². The van der Waals surface area contributed by atoms with Crippen LogP contribution >= 0.6 is 0 Å². The predicted molar refractivity (Wildman–Crippen MR) is 87.3 cm³/mol. The Hall–Kier alpha value is -2.60. The topological polar surface area (TPSA) is 44.1 Å². The predicted octanol–water partition coefficient (Wildman–Crippen LogP) is 3.92. The van der Waals surface area contributed by atoms with Crippen molar-refractivity contribution in [3.8, 4) is 6.07 Å². The summed E-state index contributed by atoms with van der Waals surface area (Å²) in [6, 6.07) is 17.2. The molecule has 0 saturated carbocycles. The van der Waals surface area contributed by atoms with Crippen LogP contribution < -0.4 is 0 Å². The van der Waals surface area contributed by atoms with Crippen molar-refractivity contribution < 1.29 is 4.79 Å². The van der Waals surface area contributed by atoms with Gasteiger partial charge in [0.05, 0.1) is 11.6 Å². The number of nitriles is 1. The van der Waals surface area contributed by atoms with E-state index in [0.717, 1.165) is 11.1 Å². The second kappa shape index (κ2) is 6.91. The summed E-state index contributed by atoms with van der Waals surface area (Å²) in [5, 5.41) is 8.85. The van der Waals surface area contributed by atoms with E-state index in [9.17, 15) is 4.79 Å². The molecule has 0 aromatic heterocycles. The number of benzene rings is 2. The number of rotatable bonds is 4. The van der Waals surface area contributed by atoms with Crippen molar-refractivity contribution in [2.75, 3.05) is 0 Å². The highest BCUT2D eigenvalue weighted by Gasteiger charge is 2.19. The summed E-state index contributed by atoms with van der Waals surface area (Å²) in [7, 11) is 0. The largest absolute Gasteiger partial charge is 0.332 e. The summed E-state index contributed by atoms with van der Waals surface area (Å²) < 4.78 is 0. The fourth-order valence-electron chi connectivity index (χ4n) is 2.31. The summed E-state index contributed by atoms with van der Waals surface area (Å²) in [6.07, 6.45) is 0. The molecule has 0 bridgehead atoms. The van der Waals surface area contributed by atoms with Crippen LogP contribution in [0.1, 0.15) is 40.9 Å². The molecule has 0 atom stereocenters. The maximum Gasteiger partial charge on any atom is 0.254 e. The third-order valence-electron chi connectivity index (χ3n) is 3.59. The number of amides is 1. The minimum absolute atomic E-state index is 0.0306. The molecule has 2 aromatic rings. The Morgan fingerprint density at radius 1 is 1.18 bits per heavy atom. The summed E-state index contributed by atoms with van der Waals surface area (Å²) >= 11 is 0. The Balaban J connectivity index is 2.22. The zero-order valence-corrected chi connectivity index (χ0v) is 13.2. The minimum Gasteiger partial charge on any atom is -0.332 e. The molecular weight excluding hydrogens is 272 g/mol. The molecule has 0 heterocycles. The van der Waals surface area contributed by atoms with E-state index in [0.29, 0.717) is 17.7 Å². The Morgan fingerprint density at radius 3 is 2.41 bits per heavy atom. The maximum absolute atomic E-state index is 12.7. The van der Waals surface area contributed by atoms with Gasteiger partial charge in [-0.25, -0.2) is 0 Å². The lowest BCUT2D eigenvalue weighted by Gasteiger charge is -2.27. The first-order chi connectivity index (χ1) is 10.5. The van der Waals surface area contributed by atoms with Crippen LogP contribution in [0.2, 0.25) is 0 Å². The van der Waals surface area contributed by atoms with Crippen molar-refractivity contribution in [2.24, 2.45) is 0 Å². The molecule has 0 spiro atoms. The average Bonchev–Trinajstić information content (AvgIpc) is 2.52. The molecule has 0 aliphatic heterocycles. The molecule has 0 radical (unpaired) electrons. The van der Waals surface area contributed by atoms with Gasteiger partial charge in [-0.3, -0.25) is 4.79 Å². The number of carbonyl (C=O) groups excluding carboxylic acids is 1. The van der Waals surface area contributed by atoms with E-state index < -0.39 is 0 Å². The zero-order chi connectivity index (χ0) is 16.1. The summed E-state index contributed by atoms with van der Waals surface area (Å²) in [5.74, 6) is 0.0306. The van der Waals surface area contributed by atoms with Gasteiger partial charge in [0.2, 0.25) is 0 Å². The fraction of sp³-hybridized carbons (Fsp3) is 0.263. The number of hydrogen-bond acceptors (Lipinski definition) is 2. The van der Waals surface area contributed by atoms with Crippen LogP contribution in [-0.4, -0.2) is 16.8 Å². The van der Waals surface area contributed by atoms with Crippen molar-refractivity contribution in [1.82, 2.24) is 4.90 Å². The van der Waals surface area contributed by atoms with Crippen molar-refractivity contribution >= 4 is 5.91 Å². The Morgan fingerprint density at radius 2 is 1.86 bits per heavy atom. The van der Waals surface area contributed by atoms with Crippen molar-refractivity contribution in [3.63, 3.8) is 0 Å². The molecule has 0 fully saturated rings. The Kier molecular flexibility index (Phi) is 4.95. The lowest BCUT2D eigenvalue weighted by Crippen LogP contribution is -2.36. The van der Waals surface area contributed by atoms with E-state index in [1.54, 1.807) is 12.1 Å². The van der Waals surface area contributed by atoms with Crippen LogP contribution in [-0.2, 0) is 6.54 Å². The van der Waals surface area contributed by atoms with Gasteiger partial charge < -0.3 is 4.90 Å². The molecule has 3 nitrogen and oxygen atoms in total. The third kappa shape index (κ3) is 3.73. The quantitative estimate of drug-likeness (QED) is 0.857. The Bertz CT molecular complexity index is 696. The van der Waals surface area contributed by atoms with Crippen LogP contribution in [0.4, 0.5) is 0 Å². The SMILES string of the molecule is Cc1cccc(C(=O)N(Cc2ccc(C#N)cc2)C(C)C)c1. The molecule has 0 N–H and O–H groups in total. The van der Waals surface area contributed by atoms with Crippen molar-refractivity contribution in [2.45, 2.75) is 33.4 Å². The van der Waals surface area contributed by atoms with E-state index in [4.69, 9.17) is 5.26 Å². The van der Waals surface area contributed by atoms with Crippen molar-refractivity contribution in [3.05, 3.63) is 70.8 Å². The van der Waals surface area contributed by atoms with Gasteiger partial charge in [-0.1, -0.05) is 29.8 Å².